The predicted molar refractivity (Wildman–Crippen MR) is 47.5 cm³/mol. The monoisotopic (exact) mass is 169 g/mol. The Hall–Kier alpha value is -0.370. The van der Waals surface area contributed by atoms with Crippen molar-refractivity contribution >= 4 is 6.29 Å². The Bertz CT molecular complexity index is 144. The quantitative estimate of drug-likeness (QED) is 0.640. The predicted octanol–water partition coefficient (Wildman–Crippen LogP) is 1.82. The van der Waals surface area contributed by atoms with Crippen molar-refractivity contribution in [1.82, 2.24) is 0 Å². The minimum Gasteiger partial charge on any atom is -0.382 e. The summed E-state index contributed by atoms with van der Waals surface area (Å²) in [5.74, 6) is 0.137. The lowest BCUT2D eigenvalue weighted by molar-refractivity contribution is 0.0551. The van der Waals surface area contributed by atoms with E-state index in [9.17, 15) is 9.90 Å². The van der Waals surface area contributed by atoms with Gasteiger partial charge in [-0.05, 0) is 25.7 Å². The fourth-order valence-electron chi connectivity index (χ4n) is 1.92. The van der Waals surface area contributed by atoms with Crippen LogP contribution >= 0.6 is 0 Å². The molecule has 1 rings (SSSR count). The highest BCUT2D eigenvalue weighted by Gasteiger charge is 2.32. The van der Waals surface area contributed by atoms with Gasteiger partial charge in [0, 0.05) is 0 Å². The van der Waals surface area contributed by atoms with Gasteiger partial charge in [-0.3, -0.25) is 4.79 Å². The molecule has 12 heavy (non-hydrogen) atoms. The van der Waals surface area contributed by atoms with Gasteiger partial charge in [-0.1, -0.05) is 25.7 Å². The van der Waals surface area contributed by atoms with Crippen LogP contribution in [0.1, 0.15) is 45.4 Å². The second kappa shape index (κ2) is 4.04. The maximum absolute atomic E-state index is 10.5. The lowest BCUT2D eigenvalue weighted by Gasteiger charge is -2.25. The van der Waals surface area contributed by atoms with Crippen molar-refractivity contribution < 1.29 is 9.90 Å². The lowest BCUT2D eigenvalue weighted by atomic mass is 9.84. The summed E-state index contributed by atoms with van der Waals surface area (Å²) in [5.41, 5.74) is -1.20. The summed E-state index contributed by atoms with van der Waals surface area (Å²) in [6.45, 7) is 1.58. The van der Waals surface area contributed by atoms with E-state index >= 15 is 0 Å². The van der Waals surface area contributed by atoms with Crippen molar-refractivity contribution in [2.45, 2.75) is 51.0 Å². The number of rotatable bonds is 2. The highest BCUT2D eigenvalue weighted by Crippen LogP contribution is 2.30. The molecule has 0 aromatic carbocycles. The van der Waals surface area contributed by atoms with Gasteiger partial charge in [-0.25, -0.2) is 0 Å². The van der Waals surface area contributed by atoms with Crippen LogP contribution in [0.3, 0.4) is 0 Å². The Morgan fingerprint density at radius 3 is 2.17 bits per heavy atom. The first kappa shape index (κ1) is 9.72. The Morgan fingerprint density at radius 2 is 1.75 bits per heavy atom. The second-order valence-electron chi connectivity index (χ2n) is 3.94. The van der Waals surface area contributed by atoms with Gasteiger partial charge < -0.3 is 5.11 Å². The standard InChI is InChI=1S/C10H17O2/c1-10(12,8-11)9-6-4-2-3-5-7-9/h9,12H,2-7H2,1H3. The summed E-state index contributed by atoms with van der Waals surface area (Å²) in [6.07, 6.45) is 8.46. The Labute approximate surface area is 74.0 Å². The van der Waals surface area contributed by atoms with Crippen molar-refractivity contribution in [3.8, 4) is 0 Å². The molecule has 1 radical (unpaired) electrons. The molecule has 0 aromatic rings. The highest BCUT2D eigenvalue weighted by atomic mass is 16.3. The largest absolute Gasteiger partial charge is 0.382 e. The molecule has 0 spiro atoms. The fourth-order valence-corrected chi connectivity index (χ4v) is 1.92. The van der Waals surface area contributed by atoms with E-state index in [0.29, 0.717) is 0 Å². The zero-order valence-corrected chi connectivity index (χ0v) is 7.68. The first-order valence-electron chi connectivity index (χ1n) is 4.78. The molecule has 0 aromatic heterocycles. The lowest BCUT2D eigenvalue weighted by Crippen LogP contribution is -2.35. The third-order valence-electron chi connectivity index (χ3n) is 2.86. The Kier molecular flexibility index (Phi) is 3.27. The van der Waals surface area contributed by atoms with E-state index in [1.807, 2.05) is 0 Å². The zero-order chi connectivity index (χ0) is 9.03. The summed E-state index contributed by atoms with van der Waals surface area (Å²) >= 11 is 0. The molecule has 2 heteroatoms. The van der Waals surface area contributed by atoms with Crippen LogP contribution in [0.2, 0.25) is 0 Å². The minimum absolute atomic E-state index is 0.137. The zero-order valence-electron chi connectivity index (χ0n) is 7.68. The maximum atomic E-state index is 10.5. The Morgan fingerprint density at radius 1 is 1.25 bits per heavy atom. The molecule has 1 fully saturated rings. The summed E-state index contributed by atoms with van der Waals surface area (Å²) in [4.78, 5) is 10.5. The van der Waals surface area contributed by atoms with Crippen molar-refractivity contribution in [3.05, 3.63) is 0 Å². The minimum atomic E-state index is -1.20. The SMILES string of the molecule is CC(O)([C]=O)C1CCCCCC1. The topological polar surface area (TPSA) is 37.3 Å². The van der Waals surface area contributed by atoms with Crippen LogP contribution in [0.4, 0.5) is 0 Å². The molecule has 1 aliphatic carbocycles. The molecule has 0 saturated heterocycles. The van der Waals surface area contributed by atoms with E-state index in [1.165, 1.54) is 12.8 Å². The average Bonchev–Trinajstić information content (AvgIpc) is 2.32. The van der Waals surface area contributed by atoms with Gasteiger partial charge in [0.15, 0.2) is 0 Å². The van der Waals surface area contributed by atoms with Crippen molar-refractivity contribution in [2.75, 3.05) is 0 Å². The van der Waals surface area contributed by atoms with E-state index in [2.05, 4.69) is 0 Å². The van der Waals surface area contributed by atoms with Gasteiger partial charge in [0.2, 0.25) is 6.29 Å². The van der Waals surface area contributed by atoms with Crippen LogP contribution in [0.5, 0.6) is 0 Å². The number of aliphatic hydroxyl groups is 1. The third kappa shape index (κ3) is 2.31. The molecular weight excluding hydrogens is 152 g/mol. The number of hydrogen-bond donors (Lipinski definition) is 1. The van der Waals surface area contributed by atoms with E-state index in [0.717, 1.165) is 25.7 Å². The average molecular weight is 169 g/mol. The molecule has 0 aliphatic heterocycles. The van der Waals surface area contributed by atoms with Crippen molar-refractivity contribution in [2.24, 2.45) is 5.92 Å². The van der Waals surface area contributed by atoms with E-state index in [1.54, 1.807) is 13.2 Å². The maximum Gasteiger partial charge on any atom is 0.232 e. The van der Waals surface area contributed by atoms with Gasteiger partial charge in [0.1, 0.15) is 5.60 Å². The molecule has 0 heterocycles. The summed E-state index contributed by atoms with van der Waals surface area (Å²) < 4.78 is 0. The summed E-state index contributed by atoms with van der Waals surface area (Å²) in [5, 5.41) is 9.65. The molecular formula is C10H17O2. The van der Waals surface area contributed by atoms with Crippen LogP contribution in [-0.2, 0) is 4.79 Å². The number of hydrogen-bond acceptors (Lipinski definition) is 2. The van der Waals surface area contributed by atoms with Crippen LogP contribution in [0, 0.1) is 5.92 Å². The van der Waals surface area contributed by atoms with E-state index < -0.39 is 5.60 Å². The highest BCUT2D eigenvalue weighted by molar-refractivity contribution is 5.62. The Balaban J connectivity index is 2.53. The van der Waals surface area contributed by atoms with Crippen LogP contribution in [0.15, 0.2) is 0 Å². The molecule has 1 unspecified atom stereocenters. The summed E-state index contributed by atoms with van der Waals surface area (Å²) in [7, 11) is 0. The second-order valence-corrected chi connectivity index (χ2v) is 3.94. The van der Waals surface area contributed by atoms with Gasteiger partial charge in [0.25, 0.3) is 0 Å². The number of carbonyl (C=O) groups excluding carboxylic acids is 1. The molecule has 1 atom stereocenters. The normalized spacial score (nSPS) is 25.8. The first-order chi connectivity index (χ1) is 5.67. The van der Waals surface area contributed by atoms with Crippen molar-refractivity contribution in [1.29, 1.82) is 0 Å². The van der Waals surface area contributed by atoms with Gasteiger partial charge in [-0.15, -0.1) is 0 Å². The van der Waals surface area contributed by atoms with E-state index in [-0.39, 0.29) is 5.92 Å². The molecule has 1 saturated carbocycles. The van der Waals surface area contributed by atoms with Gasteiger partial charge in [-0.2, -0.15) is 0 Å². The molecule has 0 bridgehead atoms. The smallest absolute Gasteiger partial charge is 0.232 e. The molecule has 1 aliphatic rings. The van der Waals surface area contributed by atoms with Crippen LogP contribution < -0.4 is 0 Å². The van der Waals surface area contributed by atoms with Gasteiger partial charge >= 0.3 is 0 Å². The van der Waals surface area contributed by atoms with E-state index in [4.69, 9.17) is 0 Å². The van der Waals surface area contributed by atoms with Crippen molar-refractivity contribution in [3.63, 3.8) is 0 Å². The fraction of sp³-hybridized carbons (Fsp3) is 0.900. The molecule has 69 valence electrons. The molecule has 0 amide bonds. The first-order valence-corrected chi connectivity index (χ1v) is 4.78. The van der Waals surface area contributed by atoms with Crippen LogP contribution in [-0.4, -0.2) is 17.0 Å². The van der Waals surface area contributed by atoms with Crippen LogP contribution in [0.25, 0.3) is 0 Å². The third-order valence-corrected chi connectivity index (χ3v) is 2.86. The molecule has 2 nitrogen and oxygen atoms in total. The molecule has 1 N–H and O–H groups in total. The summed E-state index contributed by atoms with van der Waals surface area (Å²) in [6, 6.07) is 0. The van der Waals surface area contributed by atoms with Gasteiger partial charge in [0.05, 0.1) is 0 Å².